The fraction of sp³-hybridized carbons (Fsp3) is 0.323. The molecular weight excluding hydrogens is 496 g/mol. The van der Waals surface area contributed by atoms with E-state index in [9.17, 15) is 14.4 Å². The van der Waals surface area contributed by atoms with Gasteiger partial charge in [0.05, 0.1) is 12.7 Å². The summed E-state index contributed by atoms with van der Waals surface area (Å²) in [7, 11) is 0. The number of carboxylic acids is 1. The van der Waals surface area contributed by atoms with Gasteiger partial charge in [0, 0.05) is 18.9 Å². The second-order valence-electron chi connectivity index (χ2n) is 9.90. The third-order valence-corrected chi connectivity index (χ3v) is 6.87. The first-order valence-electron chi connectivity index (χ1n) is 13.1. The summed E-state index contributed by atoms with van der Waals surface area (Å²) >= 11 is 0. The molecule has 3 atom stereocenters. The van der Waals surface area contributed by atoms with Crippen molar-refractivity contribution in [3.05, 3.63) is 95.6 Å². The Labute approximate surface area is 228 Å². The first-order chi connectivity index (χ1) is 18.8. The van der Waals surface area contributed by atoms with Gasteiger partial charge in [-0.25, -0.2) is 4.79 Å². The van der Waals surface area contributed by atoms with Gasteiger partial charge in [-0.05, 0) is 40.7 Å². The predicted octanol–water partition coefficient (Wildman–Crippen LogP) is 4.73. The lowest BCUT2D eigenvalue weighted by molar-refractivity contribution is -0.138. The fourth-order valence-electron chi connectivity index (χ4n) is 4.82. The summed E-state index contributed by atoms with van der Waals surface area (Å²) in [6.45, 7) is 3.96. The number of fused-ring (bicyclic) bond motifs is 3. The maximum Gasteiger partial charge on any atom is 0.407 e. The van der Waals surface area contributed by atoms with Crippen LogP contribution in [0.2, 0.25) is 0 Å². The number of carbonyl (C=O) groups excluding carboxylic acids is 2. The summed E-state index contributed by atoms with van der Waals surface area (Å²) in [5.41, 5.74) is 5.36. The van der Waals surface area contributed by atoms with Crippen molar-refractivity contribution in [3.63, 3.8) is 0 Å². The summed E-state index contributed by atoms with van der Waals surface area (Å²) in [5.74, 6) is -1.80. The van der Waals surface area contributed by atoms with Crippen LogP contribution >= 0.6 is 0 Å². The number of ether oxygens (including phenoxy) is 2. The summed E-state index contributed by atoms with van der Waals surface area (Å²) in [4.78, 5) is 37.0. The monoisotopic (exact) mass is 530 g/mol. The average Bonchev–Trinajstić information content (AvgIpc) is 3.26. The van der Waals surface area contributed by atoms with Gasteiger partial charge >= 0.3 is 12.1 Å². The van der Waals surface area contributed by atoms with Crippen LogP contribution in [0.3, 0.4) is 0 Å². The molecule has 0 radical (unpaired) electrons. The summed E-state index contributed by atoms with van der Waals surface area (Å²) in [6, 6.07) is 24.6. The number of carbonyl (C=O) groups is 3. The van der Waals surface area contributed by atoms with Gasteiger partial charge < -0.3 is 25.2 Å². The van der Waals surface area contributed by atoms with E-state index in [2.05, 4.69) is 22.8 Å². The summed E-state index contributed by atoms with van der Waals surface area (Å²) < 4.78 is 11.6. The van der Waals surface area contributed by atoms with Crippen LogP contribution in [0.25, 0.3) is 11.1 Å². The molecule has 3 unspecified atom stereocenters. The fourth-order valence-corrected chi connectivity index (χ4v) is 4.82. The number of nitrogens with one attached hydrogen (secondary N) is 2. The molecule has 2 amide bonds. The van der Waals surface area contributed by atoms with Crippen LogP contribution in [0.15, 0.2) is 78.9 Å². The highest BCUT2D eigenvalue weighted by molar-refractivity contribution is 5.86. The Morgan fingerprint density at radius 2 is 1.46 bits per heavy atom. The molecule has 39 heavy (non-hydrogen) atoms. The van der Waals surface area contributed by atoms with E-state index in [4.69, 9.17) is 14.6 Å². The number of aliphatic carboxylic acids is 1. The van der Waals surface area contributed by atoms with Gasteiger partial charge in [0.15, 0.2) is 0 Å². The second-order valence-corrected chi connectivity index (χ2v) is 9.90. The zero-order valence-electron chi connectivity index (χ0n) is 22.1. The highest BCUT2D eigenvalue weighted by Crippen LogP contribution is 2.44. The van der Waals surface area contributed by atoms with Crippen LogP contribution in [0.5, 0.6) is 0 Å². The Kier molecular flexibility index (Phi) is 9.33. The molecule has 0 spiro atoms. The molecule has 1 aliphatic rings. The van der Waals surface area contributed by atoms with Crippen molar-refractivity contribution in [2.24, 2.45) is 5.92 Å². The number of rotatable bonds is 12. The minimum atomic E-state index is -1.04. The molecule has 0 bridgehead atoms. The van der Waals surface area contributed by atoms with Crippen LogP contribution < -0.4 is 10.6 Å². The predicted molar refractivity (Wildman–Crippen MR) is 147 cm³/mol. The van der Waals surface area contributed by atoms with Gasteiger partial charge in [0.2, 0.25) is 5.91 Å². The normalized spacial score (nSPS) is 14.4. The standard InChI is InChI=1S/C31H34N2O6/c1-20(16-28(34)35)17-32-30(36)29(21(2)38-18-22-10-4-3-5-11-22)33-31(37)39-19-27-25-14-8-6-12-23(25)24-13-7-9-15-26(24)27/h3-15,20-21,27,29H,16-19H2,1-2H3,(H,32,36)(H,33,37)(H,34,35). The van der Waals surface area contributed by atoms with Gasteiger partial charge in [0.1, 0.15) is 12.6 Å². The highest BCUT2D eigenvalue weighted by Gasteiger charge is 2.31. The highest BCUT2D eigenvalue weighted by atomic mass is 16.5. The van der Waals surface area contributed by atoms with Gasteiger partial charge in [-0.1, -0.05) is 85.8 Å². The molecule has 0 saturated carbocycles. The van der Waals surface area contributed by atoms with Crippen molar-refractivity contribution >= 4 is 18.0 Å². The quantitative estimate of drug-likeness (QED) is 0.312. The van der Waals surface area contributed by atoms with Crippen molar-refractivity contribution in [2.75, 3.05) is 13.2 Å². The molecular formula is C31H34N2O6. The minimum absolute atomic E-state index is 0.0786. The molecule has 0 aromatic heterocycles. The van der Waals surface area contributed by atoms with Gasteiger partial charge in [-0.3, -0.25) is 9.59 Å². The van der Waals surface area contributed by atoms with Crippen LogP contribution in [0.1, 0.15) is 42.9 Å². The molecule has 0 heterocycles. The zero-order valence-corrected chi connectivity index (χ0v) is 22.1. The molecule has 0 aliphatic heterocycles. The maximum absolute atomic E-state index is 13.1. The van der Waals surface area contributed by atoms with Gasteiger partial charge in [-0.2, -0.15) is 0 Å². The topological polar surface area (TPSA) is 114 Å². The summed E-state index contributed by atoms with van der Waals surface area (Å²) in [6.07, 6.45) is -1.49. The Morgan fingerprint density at radius 1 is 0.872 bits per heavy atom. The van der Waals surface area contributed by atoms with Crippen molar-refractivity contribution in [2.45, 2.75) is 44.9 Å². The van der Waals surface area contributed by atoms with Crippen molar-refractivity contribution in [3.8, 4) is 11.1 Å². The van der Waals surface area contributed by atoms with E-state index in [0.717, 1.165) is 27.8 Å². The van der Waals surface area contributed by atoms with Crippen LogP contribution in [0.4, 0.5) is 4.79 Å². The van der Waals surface area contributed by atoms with E-state index < -0.39 is 30.1 Å². The van der Waals surface area contributed by atoms with Crippen molar-refractivity contribution in [1.82, 2.24) is 10.6 Å². The molecule has 4 rings (SSSR count). The number of hydrogen-bond acceptors (Lipinski definition) is 5. The number of carboxylic acid groups (broad SMARTS) is 1. The number of amides is 2. The van der Waals surface area contributed by atoms with E-state index in [1.54, 1.807) is 13.8 Å². The Bertz CT molecular complexity index is 1250. The largest absolute Gasteiger partial charge is 0.481 e. The third-order valence-electron chi connectivity index (χ3n) is 6.87. The number of benzene rings is 3. The van der Waals surface area contributed by atoms with E-state index >= 15 is 0 Å². The second kappa shape index (κ2) is 13.1. The van der Waals surface area contributed by atoms with E-state index in [1.807, 2.05) is 66.7 Å². The van der Waals surface area contributed by atoms with E-state index in [1.165, 1.54) is 0 Å². The van der Waals surface area contributed by atoms with Crippen LogP contribution in [-0.4, -0.2) is 48.4 Å². The zero-order chi connectivity index (χ0) is 27.8. The molecule has 1 aliphatic carbocycles. The Morgan fingerprint density at radius 3 is 2.08 bits per heavy atom. The lowest BCUT2D eigenvalue weighted by atomic mass is 9.98. The van der Waals surface area contributed by atoms with E-state index in [-0.39, 0.29) is 38.0 Å². The molecule has 0 fully saturated rings. The molecule has 8 heteroatoms. The third kappa shape index (κ3) is 7.23. The molecule has 3 aromatic rings. The summed E-state index contributed by atoms with van der Waals surface area (Å²) in [5, 5.41) is 14.4. The van der Waals surface area contributed by atoms with Crippen LogP contribution in [0, 0.1) is 5.92 Å². The SMILES string of the molecule is CC(CNC(=O)C(NC(=O)OCC1c2ccccc2-c2ccccc21)C(C)OCc1ccccc1)CC(=O)O. The first-order valence-corrected chi connectivity index (χ1v) is 13.1. The average molecular weight is 531 g/mol. The first kappa shape index (κ1) is 27.9. The molecule has 3 N–H and O–H groups in total. The smallest absolute Gasteiger partial charge is 0.407 e. The Balaban J connectivity index is 1.41. The molecule has 3 aromatic carbocycles. The van der Waals surface area contributed by atoms with Crippen LogP contribution in [-0.2, 0) is 25.7 Å². The van der Waals surface area contributed by atoms with Gasteiger partial charge in [-0.15, -0.1) is 0 Å². The number of hydrogen-bond donors (Lipinski definition) is 3. The van der Waals surface area contributed by atoms with Crippen molar-refractivity contribution < 1.29 is 29.0 Å². The minimum Gasteiger partial charge on any atom is -0.481 e. The molecule has 8 nitrogen and oxygen atoms in total. The maximum atomic E-state index is 13.1. The lowest BCUT2D eigenvalue weighted by Gasteiger charge is -2.25. The molecule has 204 valence electrons. The number of alkyl carbamates (subject to hydrolysis) is 1. The lowest BCUT2D eigenvalue weighted by Crippen LogP contribution is -2.54. The Hall–Kier alpha value is -4.17. The molecule has 0 saturated heterocycles. The van der Waals surface area contributed by atoms with Gasteiger partial charge in [0.25, 0.3) is 0 Å². The van der Waals surface area contributed by atoms with E-state index in [0.29, 0.717) is 0 Å². The van der Waals surface area contributed by atoms with Crippen molar-refractivity contribution in [1.29, 1.82) is 0 Å².